The summed E-state index contributed by atoms with van der Waals surface area (Å²) in [6, 6.07) is 6.53. The van der Waals surface area contributed by atoms with Crippen molar-refractivity contribution in [3.05, 3.63) is 30.1 Å². The number of guanidine groups is 1. The molecule has 0 radical (unpaired) electrons. The highest BCUT2D eigenvalue weighted by Crippen LogP contribution is 2.20. The minimum absolute atomic E-state index is 0. The largest absolute Gasteiger partial charge is 0.370 e. The second kappa shape index (κ2) is 9.20. The summed E-state index contributed by atoms with van der Waals surface area (Å²) >= 11 is 0. The van der Waals surface area contributed by atoms with Gasteiger partial charge in [-0.2, -0.15) is 0 Å². The van der Waals surface area contributed by atoms with Crippen molar-refractivity contribution >= 4 is 45.5 Å². The Hall–Kier alpha value is -1.10. The maximum absolute atomic E-state index is 13.0. The zero-order valence-electron chi connectivity index (χ0n) is 14.7. The van der Waals surface area contributed by atoms with Crippen LogP contribution in [0.15, 0.2) is 29.3 Å². The molecule has 0 unspecified atom stereocenters. The van der Waals surface area contributed by atoms with Crippen molar-refractivity contribution in [2.75, 3.05) is 49.1 Å². The van der Waals surface area contributed by atoms with Gasteiger partial charge in [0.1, 0.15) is 15.7 Å². The Morgan fingerprint density at radius 2 is 1.69 bits per heavy atom. The number of sulfone groups is 1. The molecule has 9 heteroatoms. The van der Waals surface area contributed by atoms with Crippen LogP contribution < -0.4 is 10.6 Å². The number of hydrogen-bond acceptors (Lipinski definition) is 4. The first kappa shape index (κ1) is 21.2. The molecule has 1 aromatic carbocycles. The van der Waals surface area contributed by atoms with Crippen LogP contribution >= 0.6 is 24.0 Å². The molecule has 146 valence electrons. The lowest BCUT2D eigenvalue weighted by Crippen LogP contribution is -2.51. The molecular formula is C17H26FIN4O2S. The summed E-state index contributed by atoms with van der Waals surface area (Å²) in [7, 11) is -2.83. The standard InChI is InChI=1S/C17H25FN4O2S.HI/c18-15-1-3-16(4-2-15)21-7-9-22(10-8-21)17(19)20-13-14-5-11-25(23,24)12-6-14;/h1-4,14H,5-13H2,(H2,19,20);1H. The van der Waals surface area contributed by atoms with Gasteiger partial charge in [-0.15, -0.1) is 24.0 Å². The second-order valence-electron chi connectivity index (χ2n) is 6.74. The summed E-state index contributed by atoms with van der Waals surface area (Å²) in [5.41, 5.74) is 7.13. The van der Waals surface area contributed by atoms with Crippen molar-refractivity contribution in [3.8, 4) is 0 Å². The first-order valence-corrected chi connectivity index (χ1v) is 10.5. The van der Waals surface area contributed by atoms with Crippen LogP contribution in [0.5, 0.6) is 0 Å². The maximum Gasteiger partial charge on any atom is 0.191 e. The van der Waals surface area contributed by atoms with Crippen LogP contribution in [0.25, 0.3) is 0 Å². The molecule has 2 fully saturated rings. The van der Waals surface area contributed by atoms with Crippen LogP contribution in [0.4, 0.5) is 10.1 Å². The highest BCUT2D eigenvalue weighted by atomic mass is 127. The molecule has 0 saturated carbocycles. The molecular weight excluding hydrogens is 470 g/mol. The molecule has 6 nitrogen and oxygen atoms in total. The second-order valence-corrected chi connectivity index (χ2v) is 9.05. The molecule has 2 N–H and O–H groups in total. The Labute approximate surface area is 171 Å². The molecule has 2 aliphatic rings. The smallest absolute Gasteiger partial charge is 0.191 e. The summed E-state index contributed by atoms with van der Waals surface area (Å²) in [6.07, 6.45) is 1.36. The lowest BCUT2D eigenvalue weighted by molar-refractivity contribution is 0.378. The summed E-state index contributed by atoms with van der Waals surface area (Å²) in [5, 5.41) is 0. The number of rotatable bonds is 3. The summed E-state index contributed by atoms with van der Waals surface area (Å²) in [4.78, 5) is 8.74. The lowest BCUT2D eigenvalue weighted by Gasteiger charge is -2.36. The van der Waals surface area contributed by atoms with E-state index in [9.17, 15) is 12.8 Å². The van der Waals surface area contributed by atoms with Crippen molar-refractivity contribution in [1.29, 1.82) is 0 Å². The Bertz CT molecular complexity index is 705. The molecule has 1 aromatic rings. The molecule has 3 rings (SSSR count). The fraction of sp³-hybridized carbons (Fsp3) is 0.588. The molecule has 0 amide bonds. The van der Waals surface area contributed by atoms with Gasteiger partial charge in [0.05, 0.1) is 11.5 Å². The normalized spacial score (nSPS) is 21.3. The average Bonchev–Trinajstić information content (AvgIpc) is 2.61. The van der Waals surface area contributed by atoms with E-state index in [0.29, 0.717) is 31.3 Å². The number of anilines is 1. The highest BCUT2D eigenvalue weighted by Gasteiger charge is 2.24. The van der Waals surface area contributed by atoms with Crippen LogP contribution in [0, 0.1) is 11.7 Å². The van der Waals surface area contributed by atoms with Gasteiger partial charge in [-0.1, -0.05) is 0 Å². The van der Waals surface area contributed by atoms with E-state index >= 15 is 0 Å². The van der Waals surface area contributed by atoms with Gasteiger partial charge in [-0.25, -0.2) is 12.8 Å². The van der Waals surface area contributed by atoms with Crippen LogP contribution in [-0.4, -0.2) is 63.5 Å². The predicted molar refractivity (Wildman–Crippen MR) is 113 cm³/mol. The molecule has 2 heterocycles. The molecule has 0 spiro atoms. The van der Waals surface area contributed by atoms with Gasteiger partial charge in [0.2, 0.25) is 0 Å². The van der Waals surface area contributed by atoms with Gasteiger partial charge in [0, 0.05) is 38.4 Å². The Balaban J connectivity index is 0.00000243. The summed E-state index contributed by atoms with van der Waals surface area (Å²) in [5.74, 6) is 1.15. The molecule has 0 aromatic heterocycles. The van der Waals surface area contributed by atoms with Crippen molar-refractivity contribution < 1.29 is 12.8 Å². The molecule has 0 aliphatic carbocycles. The third kappa shape index (κ3) is 5.70. The van der Waals surface area contributed by atoms with E-state index < -0.39 is 9.84 Å². The van der Waals surface area contributed by atoms with Crippen molar-refractivity contribution in [3.63, 3.8) is 0 Å². The van der Waals surface area contributed by atoms with Gasteiger partial charge in [-0.3, -0.25) is 4.99 Å². The molecule has 26 heavy (non-hydrogen) atoms. The van der Waals surface area contributed by atoms with E-state index in [2.05, 4.69) is 14.8 Å². The SMILES string of the molecule is I.NC(=NCC1CCS(=O)(=O)CC1)N1CCN(c2ccc(F)cc2)CC1. The molecule has 2 aliphatic heterocycles. The minimum atomic E-state index is -2.83. The zero-order valence-corrected chi connectivity index (χ0v) is 17.8. The Morgan fingerprint density at radius 3 is 2.27 bits per heavy atom. The molecule has 0 atom stereocenters. The van der Waals surface area contributed by atoms with Crippen LogP contribution in [0.3, 0.4) is 0 Å². The monoisotopic (exact) mass is 496 g/mol. The third-order valence-corrected chi connectivity index (χ3v) is 6.70. The third-order valence-electron chi connectivity index (χ3n) is 4.98. The van der Waals surface area contributed by atoms with Crippen LogP contribution in [-0.2, 0) is 9.84 Å². The number of nitrogens with two attached hydrogens (primary N) is 1. The number of hydrogen-bond donors (Lipinski definition) is 1. The van der Waals surface area contributed by atoms with Crippen LogP contribution in [0.1, 0.15) is 12.8 Å². The minimum Gasteiger partial charge on any atom is -0.370 e. The first-order valence-electron chi connectivity index (χ1n) is 8.69. The Kier molecular flexibility index (Phi) is 7.51. The van der Waals surface area contributed by atoms with E-state index in [4.69, 9.17) is 5.73 Å². The summed E-state index contributed by atoms with van der Waals surface area (Å²) in [6.45, 7) is 3.75. The van der Waals surface area contributed by atoms with Crippen molar-refractivity contribution in [2.45, 2.75) is 12.8 Å². The fourth-order valence-corrected chi connectivity index (χ4v) is 4.88. The van der Waals surface area contributed by atoms with Gasteiger partial charge in [-0.05, 0) is 43.0 Å². The van der Waals surface area contributed by atoms with Gasteiger partial charge in [0.15, 0.2) is 5.96 Å². The first-order chi connectivity index (χ1) is 11.9. The zero-order chi connectivity index (χ0) is 17.9. The number of aliphatic imine (C=N–C) groups is 1. The van der Waals surface area contributed by atoms with E-state index in [0.717, 1.165) is 31.9 Å². The van der Waals surface area contributed by atoms with E-state index in [-0.39, 0.29) is 41.3 Å². The quantitative estimate of drug-likeness (QED) is 0.392. The van der Waals surface area contributed by atoms with Crippen LogP contribution in [0.2, 0.25) is 0 Å². The topological polar surface area (TPSA) is 79.0 Å². The number of piperazine rings is 1. The fourth-order valence-electron chi connectivity index (χ4n) is 3.29. The van der Waals surface area contributed by atoms with Gasteiger partial charge < -0.3 is 15.5 Å². The molecule has 2 saturated heterocycles. The maximum atomic E-state index is 13.0. The lowest BCUT2D eigenvalue weighted by atomic mass is 10.0. The summed E-state index contributed by atoms with van der Waals surface area (Å²) < 4.78 is 35.9. The van der Waals surface area contributed by atoms with E-state index in [1.165, 1.54) is 12.1 Å². The van der Waals surface area contributed by atoms with Crippen molar-refractivity contribution in [2.24, 2.45) is 16.6 Å². The van der Waals surface area contributed by atoms with E-state index in [1.54, 1.807) is 12.1 Å². The number of halogens is 2. The van der Waals surface area contributed by atoms with Crippen molar-refractivity contribution in [1.82, 2.24) is 4.90 Å². The number of benzene rings is 1. The molecule has 0 bridgehead atoms. The van der Waals surface area contributed by atoms with Gasteiger partial charge in [0.25, 0.3) is 0 Å². The van der Waals surface area contributed by atoms with E-state index in [1.807, 2.05) is 0 Å². The Morgan fingerprint density at radius 1 is 1.12 bits per heavy atom. The predicted octanol–water partition coefficient (Wildman–Crippen LogP) is 1.71. The number of nitrogens with zero attached hydrogens (tertiary/aromatic N) is 3. The highest BCUT2D eigenvalue weighted by molar-refractivity contribution is 14.0. The average molecular weight is 496 g/mol. The van der Waals surface area contributed by atoms with Gasteiger partial charge >= 0.3 is 0 Å².